The molecule has 1 aromatic rings. The van der Waals surface area contributed by atoms with E-state index in [0.29, 0.717) is 18.3 Å². The van der Waals surface area contributed by atoms with Gasteiger partial charge in [0.1, 0.15) is 0 Å². The molecule has 0 saturated heterocycles. The van der Waals surface area contributed by atoms with Crippen molar-refractivity contribution in [2.24, 2.45) is 0 Å². The van der Waals surface area contributed by atoms with E-state index in [-0.39, 0.29) is 0 Å². The molecule has 5 nitrogen and oxygen atoms in total. The van der Waals surface area contributed by atoms with Crippen molar-refractivity contribution >= 4 is 0 Å². The zero-order valence-corrected chi connectivity index (χ0v) is 9.45. The molecular weight excluding hydrogens is 194 g/mol. The SMILES string of the molecule is CCNCc1nnc(CCCOCC)o1. The lowest BCUT2D eigenvalue weighted by Gasteiger charge is -1.97. The van der Waals surface area contributed by atoms with E-state index in [2.05, 4.69) is 15.5 Å². The fourth-order valence-electron chi connectivity index (χ4n) is 1.16. The Kier molecular flexibility index (Phi) is 5.96. The van der Waals surface area contributed by atoms with Gasteiger partial charge < -0.3 is 14.5 Å². The zero-order chi connectivity index (χ0) is 10.9. The second kappa shape index (κ2) is 7.36. The first-order valence-corrected chi connectivity index (χ1v) is 5.46. The van der Waals surface area contributed by atoms with Gasteiger partial charge in [-0.05, 0) is 19.9 Å². The number of hydrogen-bond acceptors (Lipinski definition) is 5. The van der Waals surface area contributed by atoms with Crippen LogP contribution >= 0.6 is 0 Å². The smallest absolute Gasteiger partial charge is 0.230 e. The minimum Gasteiger partial charge on any atom is -0.424 e. The van der Waals surface area contributed by atoms with Crippen LogP contribution in [0.15, 0.2) is 4.42 Å². The molecule has 0 fully saturated rings. The number of nitrogens with zero attached hydrogens (tertiary/aromatic N) is 2. The molecule has 0 radical (unpaired) electrons. The van der Waals surface area contributed by atoms with E-state index in [1.807, 2.05) is 13.8 Å². The van der Waals surface area contributed by atoms with Crippen LogP contribution in [0.3, 0.4) is 0 Å². The summed E-state index contributed by atoms with van der Waals surface area (Å²) in [5, 5.41) is 11.0. The number of aryl methyl sites for hydroxylation is 1. The van der Waals surface area contributed by atoms with Crippen LogP contribution in [0.25, 0.3) is 0 Å². The van der Waals surface area contributed by atoms with E-state index < -0.39 is 0 Å². The lowest BCUT2D eigenvalue weighted by molar-refractivity contribution is 0.143. The van der Waals surface area contributed by atoms with Crippen LogP contribution in [0, 0.1) is 0 Å². The van der Waals surface area contributed by atoms with Crippen molar-refractivity contribution < 1.29 is 9.15 Å². The van der Waals surface area contributed by atoms with Gasteiger partial charge in [-0.2, -0.15) is 0 Å². The van der Waals surface area contributed by atoms with Crippen molar-refractivity contribution in [2.45, 2.75) is 33.2 Å². The third-order valence-corrected chi connectivity index (χ3v) is 1.92. The van der Waals surface area contributed by atoms with Crippen LogP contribution in [0.2, 0.25) is 0 Å². The Morgan fingerprint density at radius 1 is 1.27 bits per heavy atom. The molecule has 15 heavy (non-hydrogen) atoms. The van der Waals surface area contributed by atoms with Gasteiger partial charge in [0.2, 0.25) is 11.8 Å². The lowest BCUT2D eigenvalue weighted by atomic mass is 10.3. The first-order valence-electron chi connectivity index (χ1n) is 5.46. The largest absolute Gasteiger partial charge is 0.424 e. The highest BCUT2D eigenvalue weighted by atomic mass is 16.5. The summed E-state index contributed by atoms with van der Waals surface area (Å²) in [5.41, 5.74) is 0. The molecule has 1 aromatic heterocycles. The summed E-state index contributed by atoms with van der Waals surface area (Å²) in [7, 11) is 0. The monoisotopic (exact) mass is 213 g/mol. The molecule has 1 rings (SSSR count). The Balaban J connectivity index is 2.20. The maximum Gasteiger partial charge on any atom is 0.230 e. The van der Waals surface area contributed by atoms with Crippen molar-refractivity contribution in [2.75, 3.05) is 19.8 Å². The molecule has 86 valence electrons. The maximum absolute atomic E-state index is 5.43. The number of nitrogens with one attached hydrogen (secondary N) is 1. The second-order valence-electron chi connectivity index (χ2n) is 3.17. The summed E-state index contributed by atoms with van der Waals surface area (Å²) < 4.78 is 10.7. The van der Waals surface area contributed by atoms with Gasteiger partial charge in [0.25, 0.3) is 0 Å². The Morgan fingerprint density at radius 2 is 2.07 bits per heavy atom. The van der Waals surface area contributed by atoms with Crippen molar-refractivity contribution in [3.8, 4) is 0 Å². The molecule has 0 aliphatic carbocycles. The van der Waals surface area contributed by atoms with Crippen LogP contribution in [-0.2, 0) is 17.7 Å². The van der Waals surface area contributed by atoms with Gasteiger partial charge in [-0.1, -0.05) is 6.92 Å². The van der Waals surface area contributed by atoms with Crippen molar-refractivity contribution in [1.29, 1.82) is 0 Å². The van der Waals surface area contributed by atoms with E-state index in [4.69, 9.17) is 9.15 Å². The standard InChI is InChI=1S/C10H19N3O2/c1-3-11-8-10-13-12-9(15-10)6-5-7-14-4-2/h11H,3-8H2,1-2H3. The zero-order valence-electron chi connectivity index (χ0n) is 9.45. The van der Waals surface area contributed by atoms with E-state index in [1.54, 1.807) is 0 Å². The fraction of sp³-hybridized carbons (Fsp3) is 0.800. The molecule has 0 aromatic carbocycles. The highest BCUT2D eigenvalue weighted by Crippen LogP contribution is 2.02. The number of hydrogen-bond donors (Lipinski definition) is 1. The molecule has 1 heterocycles. The summed E-state index contributed by atoms with van der Waals surface area (Å²) in [6.07, 6.45) is 1.72. The van der Waals surface area contributed by atoms with Crippen molar-refractivity contribution in [1.82, 2.24) is 15.5 Å². The number of ether oxygens (including phenoxy) is 1. The summed E-state index contributed by atoms with van der Waals surface area (Å²) in [5.74, 6) is 1.35. The van der Waals surface area contributed by atoms with Crippen LogP contribution in [0.1, 0.15) is 32.0 Å². The molecule has 1 N–H and O–H groups in total. The second-order valence-corrected chi connectivity index (χ2v) is 3.17. The average molecular weight is 213 g/mol. The van der Waals surface area contributed by atoms with Crippen LogP contribution in [0.5, 0.6) is 0 Å². The van der Waals surface area contributed by atoms with Gasteiger partial charge in [0.05, 0.1) is 6.54 Å². The summed E-state index contributed by atoms with van der Waals surface area (Å²) in [6.45, 7) is 7.09. The maximum atomic E-state index is 5.43. The predicted molar refractivity (Wildman–Crippen MR) is 56.5 cm³/mol. The molecule has 0 atom stereocenters. The van der Waals surface area contributed by atoms with Crippen molar-refractivity contribution in [3.05, 3.63) is 11.8 Å². The number of aromatic nitrogens is 2. The molecule has 0 unspecified atom stereocenters. The highest BCUT2D eigenvalue weighted by Gasteiger charge is 2.04. The van der Waals surface area contributed by atoms with Crippen molar-refractivity contribution in [3.63, 3.8) is 0 Å². The van der Waals surface area contributed by atoms with Gasteiger partial charge >= 0.3 is 0 Å². The molecule has 0 aliphatic rings. The minimum absolute atomic E-state index is 0.648. The number of rotatable bonds is 8. The Hall–Kier alpha value is -0.940. The van der Waals surface area contributed by atoms with Gasteiger partial charge in [-0.3, -0.25) is 0 Å². The Labute approximate surface area is 90.2 Å². The lowest BCUT2D eigenvalue weighted by Crippen LogP contribution is -2.11. The first kappa shape index (κ1) is 12.1. The molecule has 0 amide bonds. The van der Waals surface area contributed by atoms with Gasteiger partial charge in [-0.25, -0.2) is 0 Å². The Bertz CT molecular complexity index is 263. The highest BCUT2D eigenvalue weighted by molar-refractivity contribution is 4.81. The molecule has 5 heteroatoms. The minimum atomic E-state index is 0.648. The summed E-state index contributed by atoms with van der Waals surface area (Å²) in [4.78, 5) is 0. The molecular formula is C10H19N3O2. The molecule has 0 saturated carbocycles. The normalized spacial score (nSPS) is 10.8. The quantitative estimate of drug-likeness (QED) is 0.656. The molecule has 0 aliphatic heterocycles. The van der Waals surface area contributed by atoms with E-state index in [0.717, 1.165) is 32.6 Å². The first-order chi connectivity index (χ1) is 7.36. The van der Waals surface area contributed by atoms with Crippen LogP contribution in [-0.4, -0.2) is 30.0 Å². The fourth-order valence-corrected chi connectivity index (χ4v) is 1.16. The Morgan fingerprint density at radius 3 is 2.80 bits per heavy atom. The predicted octanol–water partition coefficient (Wildman–Crippen LogP) is 1.15. The van der Waals surface area contributed by atoms with E-state index in [9.17, 15) is 0 Å². The average Bonchev–Trinajstić information content (AvgIpc) is 2.69. The third kappa shape index (κ3) is 4.90. The van der Waals surface area contributed by atoms with Crippen LogP contribution in [0.4, 0.5) is 0 Å². The van der Waals surface area contributed by atoms with Gasteiger partial charge in [0, 0.05) is 19.6 Å². The van der Waals surface area contributed by atoms with E-state index in [1.165, 1.54) is 0 Å². The van der Waals surface area contributed by atoms with Gasteiger partial charge in [0.15, 0.2) is 0 Å². The third-order valence-electron chi connectivity index (χ3n) is 1.92. The molecule has 0 bridgehead atoms. The van der Waals surface area contributed by atoms with Crippen LogP contribution < -0.4 is 5.32 Å². The summed E-state index contributed by atoms with van der Waals surface area (Å²) >= 11 is 0. The van der Waals surface area contributed by atoms with E-state index >= 15 is 0 Å². The summed E-state index contributed by atoms with van der Waals surface area (Å²) in [6, 6.07) is 0. The van der Waals surface area contributed by atoms with Gasteiger partial charge in [-0.15, -0.1) is 10.2 Å². The molecule has 0 spiro atoms. The topological polar surface area (TPSA) is 60.2 Å².